The number of carbonyl (C=O) groups excluding carboxylic acids is 2. The molecule has 0 saturated carbocycles. The zero-order valence-corrected chi connectivity index (χ0v) is 15.2. The summed E-state index contributed by atoms with van der Waals surface area (Å²) in [4.78, 5) is 24.1. The Hall–Kier alpha value is -3.92. The molecule has 0 bridgehead atoms. The molecule has 3 rings (SSSR count). The van der Waals surface area contributed by atoms with Crippen molar-refractivity contribution in [2.75, 3.05) is 10.6 Å². The van der Waals surface area contributed by atoms with Crippen LogP contribution in [0.1, 0.15) is 20.7 Å². The van der Waals surface area contributed by atoms with Crippen molar-refractivity contribution in [3.8, 4) is 0 Å². The number of hydrogen-bond acceptors (Lipinski definition) is 4. The van der Waals surface area contributed by atoms with Gasteiger partial charge in [0.15, 0.2) is 11.6 Å². The van der Waals surface area contributed by atoms with Gasteiger partial charge in [-0.15, -0.1) is 0 Å². The van der Waals surface area contributed by atoms with Gasteiger partial charge in [0.25, 0.3) is 0 Å². The van der Waals surface area contributed by atoms with E-state index in [-0.39, 0.29) is 11.6 Å². The van der Waals surface area contributed by atoms with Crippen LogP contribution in [-0.2, 0) is 0 Å². The third-order valence-electron chi connectivity index (χ3n) is 3.95. The Morgan fingerprint density at radius 1 is 0.571 bits per heavy atom. The molecule has 4 nitrogen and oxygen atoms in total. The van der Waals surface area contributed by atoms with Crippen molar-refractivity contribution in [3.63, 3.8) is 0 Å². The molecule has 0 atom stereocenters. The summed E-state index contributed by atoms with van der Waals surface area (Å²) in [7, 11) is 0. The maximum absolute atomic E-state index is 12.0. The Kier molecular flexibility index (Phi) is 6.53. The fraction of sp³-hybridized carbons (Fsp3) is 0. The summed E-state index contributed by atoms with van der Waals surface area (Å²) in [5, 5.41) is 6.16. The highest BCUT2D eigenvalue weighted by molar-refractivity contribution is 6.05. The van der Waals surface area contributed by atoms with Gasteiger partial charge in [-0.25, -0.2) is 0 Å². The van der Waals surface area contributed by atoms with Gasteiger partial charge in [-0.1, -0.05) is 66.7 Å². The predicted octanol–water partition coefficient (Wildman–Crippen LogP) is 5.30. The van der Waals surface area contributed by atoms with E-state index < -0.39 is 0 Å². The summed E-state index contributed by atoms with van der Waals surface area (Å²) >= 11 is 0. The molecule has 28 heavy (non-hydrogen) atoms. The predicted molar refractivity (Wildman–Crippen MR) is 114 cm³/mol. The second-order valence-electron chi connectivity index (χ2n) is 6.00. The molecule has 0 saturated heterocycles. The standard InChI is InChI=1S/C24H20N2O2/c27-23(19-8-3-1-4-9-19)14-16-25-21-12-7-13-22(18-21)26-17-15-24(28)20-10-5-2-6-11-20/h1-18,25-26H/b16-14+,17-15+. The molecule has 0 fully saturated rings. The summed E-state index contributed by atoms with van der Waals surface area (Å²) in [5.74, 6) is -0.130. The van der Waals surface area contributed by atoms with Crippen LogP contribution in [0.4, 0.5) is 11.4 Å². The first kappa shape index (κ1) is 18.9. The quantitative estimate of drug-likeness (QED) is 0.418. The van der Waals surface area contributed by atoms with Gasteiger partial charge < -0.3 is 10.6 Å². The van der Waals surface area contributed by atoms with Crippen LogP contribution in [-0.4, -0.2) is 11.6 Å². The molecular weight excluding hydrogens is 348 g/mol. The molecule has 0 aliphatic heterocycles. The molecule has 0 unspecified atom stereocenters. The van der Waals surface area contributed by atoms with E-state index in [1.807, 2.05) is 60.7 Å². The van der Waals surface area contributed by atoms with E-state index in [1.54, 1.807) is 36.7 Å². The fourth-order valence-corrected chi connectivity index (χ4v) is 2.52. The fourth-order valence-electron chi connectivity index (χ4n) is 2.52. The highest BCUT2D eigenvalue weighted by Gasteiger charge is 2.00. The lowest BCUT2D eigenvalue weighted by Gasteiger charge is -2.05. The molecule has 138 valence electrons. The number of rotatable bonds is 8. The minimum Gasteiger partial charge on any atom is -0.361 e. The molecule has 0 aliphatic rings. The third-order valence-corrected chi connectivity index (χ3v) is 3.95. The van der Waals surface area contributed by atoms with E-state index >= 15 is 0 Å². The Morgan fingerprint density at radius 2 is 1.00 bits per heavy atom. The molecule has 0 aromatic heterocycles. The number of ketones is 2. The molecule has 0 radical (unpaired) electrons. The molecule has 2 N–H and O–H groups in total. The summed E-state index contributed by atoms with van der Waals surface area (Å²) < 4.78 is 0. The highest BCUT2D eigenvalue weighted by atomic mass is 16.1. The van der Waals surface area contributed by atoms with Gasteiger partial charge in [-0.3, -0.25) is 9.59 Å². The average Bonchev–Trinajstić information content (AvgIpc) is 2.75. The molecule has 4 heteroatoms. The third kappa shape index (κ3) is 5.54. The summed E-state index contributed by atoms with van der Waals surface area (Å²) in [6.45, 7) is 0. The van der Waals surface area contributed by atoms with Crippen molar-refractivity contribution in [1.82, 2.24) is 0 Å². The minimum absolute atomic E-state index is 0.0651. The van der Waals surface area contributed by atoms with E-state index in [0.29, 0.717) is 11.1 Å². The van der Waals surface area contributed by atoms with Crippen LogP contribution < -0.4 is 10.6 Å². The monoisotopic (exact) mass is 368 g/mol. The van der Waals surface area contributed by atoms with Gasteiger partial charge in [0.1, 0.15) is 0 Å². The highest BCUT2D eigenvalue weighted by Crippen LogP contribution is 2.15. The first-order valence-corrected chi connectivity index (χ1v) is 8.87. The largest absolute Gasteiger partial charge is 0.361 e. The Labute approximate surface area is 164 Å². The smallest absolute Gasteiger partial charge is 0.187 e. The van der Waals surface area contributed by atoms with E-state index in [9.17, 15) is 9.59 Å². The zero-order chi connectivity index (χ0) is 19.6. The second-order valence-corrected chi connectivity index (χ2v) is 6.00. The molecule has 0 aliphatic carbocycles. The number of anilines is 2. The van der Waals surface area contributed by atoms with Crippen molar-refractivity contribution >= 4 is 22.9 Å². The second kappa shape index (κ2) is 9.69. The number of hydrogen-bond donors (Lipinski definition) is 2. The SMILES string of the molecule is O=C(/C=C/Nc1cccc(N/C=C/C(=O)c2ccccc2)c1)c1ccccc1. The summed E-state index contributed by atoms with van der Waals surface area (Å²) in [6, 6.07) is 25.7. The van der Waals surface area contributed by atoms with Crippen LogP contribution >= 0.6 is 0 Å². The van der Waals surface area contributed by atoms with E-state index in [1.165, 1.54) is 12.2 Å². The Bertz CT molecular complexity index is 915. The number of nitrogens with one attached hydrogen (secondary N) is 2. The Balaban J connectivity index is 1.55. The van der Waals surface area contributed by atoms with Crippen molar-refractivity contribution in [1.29, 1.82) is 0 Å². The average molecular weight is 368 g/mol. The number of carbonyl (C=O) groups is 2. The number of allylic oxidation sites excluding steroid dienone is 2. The molecule has 0 spiro atoms. The van der Waals surface area contributed by atoms with Gasteiger partial charge in [-0.2, -0.15) is 0 Å². The van der Waals surface area contributed by atoms with Crippen molar-refractivity contribution in [2.45, 2.75) is 0 Å². The summed E-state index contributed by atoms with van der Waals surface area (Å²) in [6.07, 6.45) is 6.22. The molecule has 3 aromatic rings. The first-order valence-electron chi connectivity index (χ1n) is 8.87. The van der Waals surface area contributed by atoms with Crippen LogP contribution in [0, 0.1) is 0 Å². The normalized spacial score (nSPS) is 10.9. The van der Waals surface area contributed by atoms with E-state index in [4.69, 9.17) is 0 Å². The molecule has 0 heterocycles. The first-order chi connectivity index (χ1) is 13.7. The van der Waals surface area contributed by atoms with Crippen molar-refractivity contribution in [2.24, 2.45) is 0 Å². The van der Waals surface area contributed by atoms with Crippen LogP contribution in [0.3, 0.4) is 0 Å². The minimum atomic E-state index is -0.0651. The van der Waals surface area contributed by atoms with Crippen molar-refractivity contribution in [3.05, 3.63) is 121 Å². The van der Waals surface area contributed by atoms with Gasteiger partial charge in [0.2, 0.25) is 0 Å². The van der Waals surface area contributed by atoms with E-state index in [2.05, 4.69) is 10.6 Å². The maximum atomic E-state index is 12.0. The van der Waals surface area contributed by atoms with E-state index in [0.717, 1.165) is 11.4 Å². The van der Waals surface area contributed by atoms with Crippen LogP contribution in [0.2, 0.25) is 0 Å². The van der Waals surface area contributed by atoms with Crippen LogP contribution in [0.15, 0.2) is 109 Å². The molecular formula is C24H20N2O2. The van der Waals surface area contributed by atoms with Gasteiger partial charge in [0, 0.05) is 47.1 Å². The van der Waals surface area contributed by atoms with Crippen LogP contribution in [0.25, 0.3) is 0 Å². The summed E-state index contributed by atoms with van der Waals surface area (Å²) in [5.41, 5.74) is 2.93. The van der Waals surface area contributed by atoms with Gasteiger partial charge >= 0.3 is 0 Å². The maximum Gasteiger partial charge on any atom is 0.187 e. The lowest BCUT2D eigenvalue weighted by Crippen LogP contribution is -1.97. The molecule has 0 amide bonds. The molecule has 3 aromatic carbocycles. The Morgan fingerprint density at radius 3 is 1.43 bits per heavy atom. The number of benzene rings is 3. The van der Waals surface area contributed by atoms with Crippen LogP contribution in [0.5, 0.6) is 0 Å². The van der Waals surface area contributed by atoms with Crippen molar-refractivity contribution < 1.29 is 9.59 Å². The topological polar surface area (TPSA) is 58.2 Å². The van der Waals surface area contributed by atoms with Gasteiger partial charge in [0.05, 0.1) is 0 Å². The lowest BCUT2D eigenvalue weighted by atomic mass is 10.1. The zero-order valence-electron chi connectivity index (χ0n) is 15.2. The van der Waals surface area contributed by atoms with Gasteiger partial charge in [-0.05, 0) is 18.2 Å². The lowest BCUT2D eigenvalue weighted by molar-refractivity contribution is 0.103.